The molecule has 100 valence electrons. The summed E-state index contributed by atoms with van der Waals surface area (Å²) < 4.78 is 0. The maximum atomic E-state index is 12.1. The van der Waals surface area contributed by atoms with Crippen LogP contribution in [0.2, 0.25) is 0 Å². The summed E-state index contributed by atoms with van der Waals surface area (Å²) in [6.07, 6.45) is 0. The normalized spacial score (nSPS) is 11.7. The van der Waals surface area contributed by atoms with Crippen LogP contribution in [0.15, 0.2) is 24.3 Å². The van der Waals surface area contributed by atoms with E-state index >= 15 is 0 Å². The number of carbonyl (C=O) groups excluding carboxylic acids is 1. The van der Waals surface area contributed by atoms with E-state index in [1.54, 1.807) is 12.1 Å². The Balaban J connectivity index is 2.99. The summed E-state index contributed by atoms with van der Waals surface area (Å²) in [7, 11) is 0. The summed E-state index contributed by atoms with van der Waals surface area (Å²) in [6.45, 7) is 5.55. The standard InChI is InChI=1S/C14H21NO3/c1-14(2,3)12-7-5-4-6-11(12)13(18)15-10(8-16)9-17/h4-7,10,16-17H,8-9H2,1-3H3,(H,15,18). The van der Waals surface area contributed by atoms with Crippen LogP contribution in [0.5, 0.6) is 0 Å². The Bertz CT molecular complexity index is 406. The molecule has 0 spiro atoms. The number of aliphatic hydroxyl groups is 2. The van der Waals surface area contributed by atoms with Gasteiger partial charge in [0.05, 0.1) is 19.3 Å². The van der Waals surface area contributed by atoms with E-state index in [1.807, 2.05) is 32.9 Å². The van der Waals surface area contributed by atoms with E-state index in [2.05, 4.69) is 5.32 Å². The van der Waals surface area contributed by atoms with Gasteiger partial charge in [-0.1, -0.05) is 39.0 Å². The van der Waals surface area contributed by atoms with E-state index < -0.39 is 6.04 Å². The molecule has 4 heteroatoms. The summed E-state index contributed by atoms with van der Waals surface area (Å²) in [5.74, 6) is -0.270. The molecular weight excluding hydrogens is 230 g/mol. The van der Waals surface area contributed by atoms with E-state index in [-0.39, 0.29) is 24.5 Å². The second kappa shape index (κ2) is 5.98. The largest absolute Gasteiger partial charge is 0.394 e. The molecule has 0 unspecified atom stereocenters. The number of hydrogen-bond donors (Lipinski definition) is 3. The molecule has 0 radical (unpaired) electrons. The monoisotopic (exact) mass is 251 g/mol. The molecule has 0 heterocycles. The lowest BCUT2D eigenvalue weighted by molar-refractivity contribution is 0.0877. The molecule has 1 amide bonds. The van der Waals surface area contributed by atoms with Crippen LogP contribution in [-0.4, -0.2) is 35.4 Å². The number of aliphatic hydroxyl groups excluding tert-OH is 2. The topological polar surface area (TPSA) is 69.6 Å². The molecule has 0 aliphatic rings. The molecule has 0 aliphatic carbocycles. The predicted octanol–water partition coefficient (Wildman–Crippen LogP) is 1.07. The fraction of sp³-hybridized carbons (Fsp3) is 0.500. The van der Waals surface area contributed by atoms with Crippen molar-refractivity contribution in [3.8, 4) is 0 Å². The van der Waals surface area contributed by atoms with Crippen molar-refractivity contribution in [2.45, 2.75) is 32.2 Å². The van der Waals surface area contributed by atoms with E-state index in [9.17, 15) is 4.79 Å². The minimum absolute atomic E-state index is 0.137. The quantitative estimate of drug-likeness (QED) is 0.749. The zero-order valence-electron chi connectivity index (χ0n) is 11.1. The molecule has 0 aromatic heterocycles. The molecular formula is C14H21NO3. The first-order valence-electron chi connectivity index (χ1n) is 6.02. The van der Waals surface area contributed by atoms with E-state index in [0.29, 0.717) is 5.56 Å². The predicted molar refractivity (Wildman–Crippen MR) is 70.6 cm³/mol. The summed E-state index contributed by atoms with van der Waals surface area (Å²) in [6, 6.07) is 6.75. The van der Waals surface area contributed by atoms with Crippen molar-refractivity contribution in [3.63, 3.8) is 0 Å². The lowest BCUT2D eigenvalue weighted by atomic mass is 9.83. The van der Waals surface area contributed by atoms with Crippen LogP contribution in [0.1, 0.15) is 36.7 Å². The van der Waals surface area contributed by atoms with Gasteiger partial charge in [-0.2, -0.15) is 0 Å². The van der Waals surface area contributed by atoms with Crippen LogP contribution in [-0.2, 0) is 5.41 Å². The molecule has 0 aliphatic heterocycles. The maximum absolute atomic E-state index is 12.1. The third-order valence-electron chi connectivity index (χ3n) is 2.76. The highest BCUT2D eigenvalue weighted by Gasteiger charge is 2.22. The van der Waals surface area contributed by atoms with Crippen molar-refractivity contribution >= 4 is 5.91 Å². The molecule has 3 N–H and O–H groups in total. The highest BCUT2D eigenvalue weighted by molar-refractivity contribution is 5.96. The van der Waals surface area contributed by atoms with Crippen LogP contribution in [0.4, 0.5) is 0 Å². The summed E-state index contributed by atoms with van der Waals surface area (Å²) >= 11 is 0. The van der Waals surface area contributed by atoms with Gasteiger partial charge in [0.15, 0.2) is 0 Å². The average Bonchev–Trinajstić information content (AvgIpc) is 2.34. The van der Waals surface area contributed by atoms with Crippen molar-refractivity contribution in [3.05, 3.63) is 35.4 Å². The van der Waals surface area contributed by atoms with Crippen molar-refractivity contribution < 1.29 is 15.0 Å². The van der Waals surface area contributed by atoms with Crippen LogP contribution in [0.25, 0.3) is 0 Å². The Morgan fingerprint density at radius 1 is 1.22 bits per heavy atom. The number of benzene rings is 1. The second-order valence-electron chi connectivity index (χ2n) is 5.33. The minimum Gasteiger partial charge on any atom is -0.394 e. The zero-order valence-corrected chi connectivity index (χ0v) is 11.1. The second-order valence-corrected chi connectivity index (χ2v) is 5.33. The van der Waals surface area contributed by atoms with Gasteiger partial charge < -0.3 is 15.5 Å². The molecule has 0 fully saturated rings. The fourth-order valence-electron chi connectivity index (χ4n) is 1.75. The Kier molecular flexibility index (Phi) is 4.87. The molecule has 0 atom stereocenters. The van der Waals surface area contributed by atoms with Gasteiger partial charge in [-0.15, -0.1) is 0 Å². The van der Waals surface area contributed by atoms with Crippen molar-refractivity contribution in [1.29, 1.82) is 0 Å². The lowest BCUT2D eigenvalue weighted by Gasteiger charge is -2.23. The molecule has 1 aromatic rings. The van der Waals surface area contributed by atoms with E-state index in [1.165, 1.54) is 0 Å². The first kappa shape index (κ1) is 14.7. The number of hydrogen-bond acceptors (Lipinski definition) is 3. The highest BCUT2D eigenvalue weighted by Crippen LogP contribution is 2.25. The van der Waals surface area contributed by atoms with Gasteiger partial charge in [0, 0.05) is 5.56 Å². The fourth-order valence-corrected chi connectivity index (χ4v) is 1.75. The third kappa shape index (κ3) is 3.55. The Morgan fingerprint density at radius 2 is 1.78 bits per heavy atom. The molecule has 1 rings (SSSR count). The van der Waals surface area contributed by atoms with E-state index in [4.69, 9.17) is 10.2 Å². The van der Waals surface area contributed by atoms with Crippen LogP contribution in [0, 0.1) is 0 Å². The van der Waals surface area contributed by atoms with E-state index in [0.717, 1.165) is 5.56 Å². The van der Waals surface area contributed by atoms with Gasteiger partial charge in [0.25, 0.3) is 5.91 Å². The summed E-state index contributed by atoms with van der Waals surface area (Å²) in [4.78, 5) is 12.1. The first-order valence-corrected chi connectivity index (χ1v) is 6.02. The molecule has 4 nitrogen and oxygen atoms in total. The maximum Gasteiger partial charge on any atom is 0.251 e. The van der Waals surface area contributed by atoms with Crippen LogP contribution < -0.4 is 5.32 Å². The Hall–Kier alpha value is -1.39. The highest BCUT2D eigenvalue weighted by atomic mass is 16.3. The van der Waals surface area contributed by atoms with Gasteiger partial charge >= 0.3 is 0 Å². The molecule has 0 saturated carbocycles. The summed E-state index contributed by atoms with van der Waals surface area (Å²) in [5.41, 5.74) is 1.39. The molecule has 18 heavy (non-hydrogen) atoms. The van der Waals surface area contributed by atoms with Crippen LogP contribution >= 0.6 is 0 Å². The van der Waals surface area contributed by atoms with Gasteiger partial charge in [-0.05, 0) is 17.0 Å². The van der Waals surface area contributed by atoms with Crippen molar-refractivity contribution in [2.24, 2.45) is 0 Å². The van der Waals surface area contributed by atoms with Crippen molar-refractivity contribution in [2.75, 3.05) is 13.2 Å². The van der Waals surface area contributed by atoms with Gasteiger partial charge in [-0.25, -0.2) is 0 Å². The number of amides is 1. The lowest BCUT2D eigenvalue weighted by Crippen LogP contribution is -2.40. The Morgan fingerprint density at radius 3 is 2.28 bits per heavy atom. The number of nitrogens with one attached hydrogen (secondary N) is 1. The van der Waals surface area contributed by atoms with Gasteiger partial charge in [0.2, 0.25) is 0 Å². The van der Waals surface area contributed by atoms with Gasteiger partial charge in [-0.3, -0.25) is 4.79 Å². The minimum atomic E-state index is -0.620. The molecule has 0 bridgehead atoms. The van der Waals surface area contributed by atoms with Crippen LogP contribution in [0.3, 0.4) is 0 Å². The Labute approximate surface area is 108 Å². The van der Waals surface area contributed by atoms with Gasteiger partial charge in [0.1, 0.15) is 0 Å². The van der Waals surface area contributed by atoms with Crippen molar-refractivity contribution in [1.82, 2.24) is 5.32 Å². The SMILES string of the molecule is CC(C)(C)c1ccccc1C(=O)NC(CO)CO. The first-order chi connectivity index (χ1) is 8.40. The number of rotatable bonds is 4. The molecule has 0 saturated heterocycles. The third-order valence-corrected chi connectivity index (χ3v) is 2.76. The smallest absolute Gasteiger partial charge is 0.251 e. The molecule has 1 aromatic carbocycles. The number of carbonyl (C=O) groups is 1. The zero-order chi connectivity index (χ0) is 13.8. The average molecular weight is 251 g/mol. The summed E-state index contributed by atoms with van der Waals surface area (Å²) in [5, 5.41) is 20.6.